The zero-order chi connectivity index (χ0) is 15.3. The molecular weight excluding hydrogens is 340 g/mol. The van der Waals surface area contributed by atoms with Gasteiger partial charge in [0.05, 0.1) is 4.90 Å². The Bertz CT molecular complexity index is 555. The molecule has 0 bridgehead atoms. The van der Waals surface area contributed by atoms with E-state index in [9.17, 15) is 8.42 Å². The van der Waals surface area contributed by atoms with Gasteiger partial charge in [0.25, 0.3) is 0 Å². The normalized spacial score (nSPS) is 12.1. The van der Waals surface area contributed by atoms with E-state index in [1.807, 2.05) is 13.0 Å². The Kier molecular flexibility index (Phi) is 6.64. The van der Waals surface area contributed by atoms with Crippen LogP contribution < -0.4 is 10.5 Å². The van der Waals surface area contributed by atoms with Crippen molar-refractivity contribution in [3.63, 3.8) is 0 Å². The fraction of sp³-hybridized carbons (Fsp3) is 0.571. The van der Waals surface area contributed by atoms with E-state index in [2.05, 4.69) is 34.5 Å². The van der Waals surface area contributed by atoms with E-state index >= 15 is 0 Å². The molecule has 0 amide bonds. The second-order valence-electron chi connectivity index (χ2n) is 4.96. The highest BCUT2D eigenvalue weighted by Gasteiger charge is 2.20. The lowest BCUT2D eigenvalue weighted by Crippen LogP contribution is -2.29. The summed E-state index contributed by atoms with van der Waals surface area (Å²) in [5.74, 6) is 0.363. The van der Waals surface area contributed by atoms with Crippen LogP contribution >= 0.6 is 15.9 Å². The van der Waals surface area contributed by atoms with Gasteiger partial charge in [-0.25, -0.2) is 13.1 Å². The highest BCUT2D eigenvalue weighted by atomic mass is 79.9. The van der Waals surface area contributed by atoms with Crippen molar-refractivity contribution in [1.29, 1.82) is 0 Å². The van der Waals surface area contributed by atoms with E-state index in [4.69, 9.17) is 5.73 Å². The van der Waals surface area contributed by atoms with Crippen molar-refractivity contribution < 1.29 is 8.42 Å². The number of hydrogen-bond donors (Lipinski definition) is 2. The van der Waals surface area contributed by atoms with Crippen LogP contribution in [0, 0.1) is 12.8 Å². The average molecular weight is 363 g/mol. The second-order valence-corrected chi connectivity index (χ2v) is 7.49. The van der Waals surface area contributed by atoms with Gasteiger partial charge in [0, 0.05) is 17.6 Å². The lowest BCUT2D eigenvalue weighted by Gasteiger charge is -2.15. The minimum Gasteiger partial charge on any atom is -0.326 e. The molecule has 0 radical (unpaired) electrons. The second kappa shape index (κ2) is 7.54. The van der Waals surface area contributed by atoms with Gasteiger partial charge in [-0.15, -0.1) is 0 Å². The standard InChI is InChI=1S/C14H23BrN2O2S/c1-4-11(5-2)9-17-20(18,19)13-7-12(8-16)6-10(3)14(13)15/h6-7,11,17H,4-5,8-9,16H2,1-3H3. The molecule has 0 aliphatic carbocycles. The number of aryl methyl sites for hydroxylation is 1. The molecule has 6 heteroatoms. The summed E-state index contributed by atoms with van der Waals surface area (Å²) in [6, 6.07) is 3.52. The predicted octanol–water partition coefficient (Wildman–Crippen LogP) is 2.93. The first-order valence-electron chi connectivity index (χ1n) is 6.84. The summed E-state index contributed by atoms with van der Waals surface area (Å²) in [6.45, 7) is 6.79. The van der Waals surface area contributed by atoms with Crippen molar-refractivity contribution >= 4 is 26.0 Å². The van der Waals surface area contributed by atoms with E-state index in [0.29, 0.717) is 23.5 Å². The van der Waals surface area contributed by atoms with Gasteiger partial charge < -0.3 is 5.73 Å². The smallest absolute Gasteiger partial charge is 0.241 e. The summed E-state index contributed by atoms with van der Waals surface area (Å²) in [5, 5.41) is 0. The maximum absolute atomic E-state index is 12.4. The van der Waals surface area contributed by atoms with Crippen molar-refractivity contribution in [2.75, 3.05) is 6.54 Å². The third-order valence-electron chi connectivity index (χ3n) is 3.52. The molecule has 0 heterocycles. The molecule has 1 aromatic carbocycles. The number of halogens is 1. The summed E-state index contributed by atoms with van der Waals surface area (Å²) in [4.78, 5) is 0.268. The molecule has 3 N–H and O–H groups in total. The zero-order valence-corrected chi connectivity index (χ0v) is 14.6. The Balaban J connectivity index is 3.06. The summed E-state index contributed by atoms with van der Waals surface area (Å²) >= 11 is 3.36. The molecule has 4 nitrogen and oxygen atoms in total. The molecule has 0 aliphatic rings. The average Bonchev–Trinajstić information content (AvgIpc) is 2.42. The van der Waals surface area contributed by atoms with Gasteiger partial charge in [0.2, 0.25) is 10.0 Å². The molecule has 0 fully saturated rings. The Labute approximate surface area is 130 Å². The molecule has 0 atom stereocenters. The van der Waals surface area contributed by atoms with Crippen molar-refractivity contribution in [3.05, 3.63) is 27.7 Å². The molecule has 114 valence electrons. The largest absolute Gasteiger partial charge is 0.326 e. The first-order valence-corrected chi connectivity index (χ1v) is 9.12. The maximum Gasteiger partial charge on any atom is 0.241 e. The van der Waals surface area contributed by atoms with Crippen LogP contribution in [0.1, 0.15) is 37.8 Å². The summed E-state index contributed by atoms with van der Waals surface area (Å²) in [7, 11) is -3.51. The molecule has 20 heavy (non-hydrogen) atoms. The SMILES string of the molecule is CCC(CC)CNS(=O)(=O)c1cc(CN)cc(C)c1Br. The quantitative estimate of drug-likeness (QED) is 0.782. The van der Waals surface area contributed by atoms with Crippen LogP contribution in [-0.2, 0) is 16.6 Å². The van der Waals surface area contributed by atoms with Gasteiger partial charge in [0.15, 0.2) is 0 Å². The van der Waals surface area contributed by atoms with E-state index < -0.39 is 10.0 Å². The number of nitrogens with one attached hydrogen (secondary N) is 1. The van der Waals surface area contributed by atoms with Crippen LogP contribution in [0.4, 0.5) is 0 Å². The van der Waals surface area contributed by atoms with Gasteiger partial charge in [-0.2, -0.15) is 0 Å². The van der Waals surface area contributed by atoms with Crippen LogP contribution in [0.2, 0.25) is 0 Å². The Hall–Kier alpha value is -0.430. The van der Waals surface area contributed by atoms with Gasteiger partial charge in [-0.05, 0) is 46.0 Å². The third kappa shape index (κ3) is 4.28. The van der Waals surface area contributed by atoms with Gasteiger partial charge in [-0.1, -0.05) is 32.8 Å². The predicted molar refractivity (Wildman–Crippen MR) is 86.0 cm³/mol. The lowest BCUT2D eigenvalue weighted by atomic mass is 10.0. The van der Waals surface area contributed by atoms with Gasteiger partial charge in [-0.3, -0.25) is 0 Å². The highest BCUT2D eigenvalue weighted by molar-refractivity contribution is 9.10. The van der Waals surface area contributed by atoms with Gasteiger partial charge >= 0.3 is 0 Å². The van der Waals surface area contributed by atoms with E-state index in [1.165, 1.54) is 0 Å². The first-order chi connectivity index (χ1) is 9.35. The Morgan fingerprint density at radius 2 is 1.90 bits per heavy atom. The van der Waals surface area contributed by atoms with Crippen LogP contribution in [0.15, 0.2) is 21.5 Å². The number of sulfonamides is 1. The van der Waals surface area contributed by atoms with Crippen LogP contribution in [0.3, 0.4) is 0 Å². The molecule has 0 saturated carbocycles. The molecule has 0 unspecified atom stereocenters. The van der Waals surface area contributed by atoms with Crippen molar-refractivity contribution in [2.24, 2.45) is 11.7 Å². The summed E-state index contributed by atoms with van der Waals surface area (Å²) in [5.41, 5.74) is 7.30. The van der Waals surface area contributed by atoms with E-state index in [0.717, 1.165) is 24.0 Å². The van der Waals surface area contributed by atoms with Crippen molar-refractivity contribution in [2.45, 2.75) is 45.1 Å². The minimum atomic E-state index is -3.51. The molecule has 0 saturated heterocycles. The van der Waals surface area contributed by atoms with Crippen LogP contribution in [0.5, 0.6) is 0 Å². The van der Waals surface area contributed by atoms with Crippen LogP contribution in [-0.4, -0.2) is 15.0 Å². The molecule has 0 spiro atoms. The topological polar surface area (TPSA) is 72.2 Å². The highest BCUT2D eigenvalue weighted by Crippen LogP contribution is 2.27. The molecule has 0 aliphatic heterocycles. The van der Waals surface area contributed by atoms with E-state index in [-0.39, 0.29) is 4.90 Å². The fourth-order valence-electron chi connectivity index (χ4n) is 2.01. The summed E-state index contributed by atoms with van der Waals surface area (Å²) < 4.78 is 28.2. The molecule has 0 aromatic heterocycles. The van der Waals surface area contributed by atoms with E-state index in [1.54, 1.807) is 6.07 Å². The van der Waals surface area contributed by atoms with Gasteiger partial charge in [0.1, 0.15) is 0 Å². The number of benzene rings is 1. The lowest BCUT2D eigenvalue weighted by molar-refractivity contribution is 0.478. The zero-order valence-electron chi connectivity index (χ0n) is 12.2. The number of rotatable bonds is 7. The fourth-order valence-corrected chi connectivity index (χ4v) is 4.19. The Morgan fingerprint density at radius 1 is 1.30 bits per heavy atom. The molecular formula is C14H23BrN2O2S. The monoisotopic (exact) mass is 362 g/mol. The minimum absolute atomic E-state index is 0.268. The summed E-state index contributed by atoms with van der Waals surface area (Å²) in [6.07, 6.45) is 1.92. The number of hydrogen-bond acceptors (Lipinski definition) is 3. The number of nitrogens with two attached hydrogens (primary N) is 1. The first kappa shape index (κ1) is 17.6. The molecule has 1 rings (SSSR count). The Morgan fingerprint density at radius 3 is 2.40 bits per heavy atom. The van der Waals surface area contributed by atoms with Crippen LogP contribution in [0.25, 0.3) is 0 Å². The van der Waals surface area contributed by atoms with Crippen molar-refractivity contribution in [3.8, 4) is 0 Å². The molecule has 1 aromatic rings. The third-order valence-corrected chi connectivity index (χ3v) is 6.29. The van der Waals surface area contributed by atoms with Crippen molar-refractivity contribution in [1.82, 2.24) is 4.72 Å². The maximum atomic E-state index is 12.4.